The standard InChI is InChI=1S/C16H28ClN3/c1-4-9-18-15(13-8-7-12(5-2)10-13)16-14(17)11-19-20(16)6-3/h11-13,15,18H,4-10H2,1-3H3. The molecular formula is C16H28ClN3. The van der Waals surface area contributed by atoms with Crippen LogP contribution in [0.4, 0.5) is 0 Å². The van der Waals surface area contributed by atoms with Gasteiger partial charge in [-0.2, -0.15) is 5.10 Å². The maximum absolute atomic E-state index is 6.42. The number of hydrogen-bond donors (Lipinski definition) is 1. The summed E-state index contributed by atoms with van der Waals surface area (Å²) in [4.78, 5) is 0. The Morgan fingerprint density at radius 2 is 2.20 bits per heavy atom. The van der Waals surface area contributed by atoms with E-state index in [1.165, 1.54) is 31.4 Å². The summed E-state index contributed by atoms with van der Waals surface area (Å²) in [5.41, 5.74) is 1.20. The number of hydrogen-bond acceptors (Lipinski definition) is 2. The fourth-order valence-electron chi connectivity index (χ4n) is 3.51. The van der Waals surface area contributed by atoms with Crippen LogP contribution < -0.4 is 5.32 Å². The van der Waals surface area contributed by atoms with Crippen molar-refractivity contribution < 1.29 is 0 Å². The monoisotopic (exact) mass is 297 g/mol. The Hall–Kier alpha value is -0.540. The summed E-state index contributed by atoms with van der Waals surface area (Å²) < 4.78 is 2.06. The van der Waals surface area contributed by atoms with Gasteiger partial charge in [-0.1, -0.05) is 38.3 Å². The number of nitrogens with zero attached hydrogens (tertiary/aromatic N) is 2. The highest BCUT2D eigenvalue weighted by Crippen LogP contribution is 2.41. The molecule has 2 rings (SSSR count). The highest BCUT2D eigenvalue weighted by Gasteiger charge is 2.33. The van der Waals surface area contributed by atoms with Crippen molar-refractivity contribution in [3.05, 3.63) is 16.9 Å². The molecular weight excluding hydrogens is 270 g/mol. The van der Waals surface area contributed by atoms with Crippen LogP contribution in [0.5, 0.6) is 0 Å². The molecule has 1 saturated carbocycles. The Morgan fingerprint density at radius 3 is 2.80 bits per heavy atom. The lowest BCUT2D eigenvalue weighted by atomic mass is 9.93. The van der Waals surface area contributed by atoms with E-state index in [2.05, 4.69) is 35.9 Å². The van der Waals surface area contributed by atoms with Gasteiger partial charge in [0.1, 0.15) is 0 Å². The molecule has 1 aromatic heterocycles. The fourth-order valence-corrected chi connectivity index (χ4v) is 3.77. The third kappa shape index (κ3) is 3.37. The van der Waals surface area contributed by atoms with Crippen molar-refractivity contribution in [1.29, 1.82) is 0 Å². The van der Waals surface area contributed by atoms with Gasteiger partial charge in [-0.3, -0.25) is 4.68 Å². The molecule has 1 fully saturated rings. The molecule has 1 aliphatic rings. The first kappa shape index (κ1) is 15.8. The molecule has 0 spiro atoms. The Labute approximate surface area is 128 Å². The Kier molecular flexibility index (Phi) is 5.91. The summed E-state index contributed by atoms with van der Waals surface area (Å²) >= 11 is 6.42. The van der Waals surface area contributed by atoms with Crippen LogP contribution >= 0.6 is 11.6 Å². The van der Waals surface area contributed by atoms with Crippen LogP contribution in [0.25, 0.3) is 0 Å². The lowest BCUT2D eigenvalue weighted by Gasteiger charge is -2.26. The molecule has 0 radical (unpaired) electrons. The molecule has 0 aliphatic heterocycles. The molecule has 3 unspecified atom stereocenters. The smallest absolute Gasteiger partial charge is 0.0834 e. The molecule has 1 aliphatic carbocycles. The second kappa shape index (κ2) is 7.46. The van der Waals surface area contributed by atoms with Crippen LogP contribution in [0.1, 0.15) is 64.6 Å². The van der Waals surface area contributed by atoms with Crippen LogP contribution in [0, 0.1) is 11.8 Å². The first-order valence-corrected chi connectivity index (χ1v) is 8.53. The zero-order chi connectivity index (χ0) is 14.5. The quantitative estimate of drug-likeness (QED) is 0.807. The normalized spacial score (nSPS) is 24.2. The molecule has 0 bridgehead atoms. The summed E-state index contributed by atoms with van der Waals surface area (Å²) in [6.45, 7) is 8.59. The van der Waals surface area contributed by atoms with Crippen molar-refractivity contribution >= 4 is 11.6 Å². The summed E-state index contributed by atoms with van der Waals surface area (Å²) in [6, 6.07) is 0.362. The maximum atomic E-state index is 6.42. The van der Waals surface area contributed by atoms with Crippen molar-refractivity contribution in [2.75, 3.05) is 6.54 Å². The average molecular weight is 298 g/mol. The first-order valence-electron chi connectivity index (χ1n) is 8.15. The summed E-state index contributed by atoms with van der Waals surface area (Å²) in [7, 11) is 0. The number of nitrogens with one attached hydrogen (secondary N) is 1. The average Bonchev–Trinajstić information content (AvgIpc) is 3.07. The minimum atomic E-state index is 0.362. The lowest BCUT2D eigenvalue weighted by molar-refractivity contribution is 0.335. The molecule has 4 heteroatoms. The van der Waals surface area contributed by atoms with E-state index in [4.69, 9.17) is 11.6 Å². The van der Waals surface area contributed by atoms with Gasteiger partial charge in [0, 0.05) is 6.54 Å². The number of rotatable bonds is 7. The molecule has 3 nitrogen and oxygen atoms in total. The number of aromatic nitrogens is 2. The summed E-state index contributed by atoms with van der Waals surface area (Å²) in [5.74, 6) is 1.59. The predicted octanol–water partition coefficient (Wildman–Crippen LogP) is 4.42. The SMILES string of the molecule is CCCNC(c1c(Cl)cnn1CC)C1CCC(CC)C1. The molecule has 0 aromatic carbocycles. The third-order valence-electron chi connectivity index (χ3n) is 4.67. The van der Waals surface area contributed by atoms with Gasteiger partial charge in [0.05, 0.1) is 23.0 Å². The lowest BCUT2D eigenvalue weighted by Crippen LogP contribution is -2.30. The van der Waals surface area contributed by atoms with E-state index in [0.717, 1.165) is 30.5 Å². The zero-order valence-corrected chi connectivity index (χ0v) is 13.8. The highest BCUT2D eigenvalue weighted by molar-refractivity contribution is 6.31. The van der Waals surface area contributed by atoms with E-state index in [1.807, 2.05) is 0 Å². The van der Waals surface area contributed by atoms with Gasteiger partial charge < -0.3 is 5.32 Å². The van der Waals surface area contributed by atoms with Crippen LogP contribution in [0.2, 0.25) is 5.02 Å². The largest absolute Gasteiger partial charge is 0.308 e. The molecule has 0 amide bonds. The van der Waals surface area contributed by atoms with E-state index in [9.17, 15) is 0 Å². The number of aryl methyl sites for hydroxylation is 1. The van der Waals surface area contributed by atoms with E-state index in [0.29, 0.717) is 12.0 Å². The van der Waals surface area contributed by atoms with Gasteiger partial charge in [-0.15, -0.1) is 0 Å². The second-order valence-corrected chi connectivity index (χ2v) is 6.38. The molecule has 3 atom stereocenters. The summed E-state index contributed by atoms with van der Waals surface area (Å²) in [6.07, 6.45) is 8.25. The van der Waals surface area contributed by atoms with Crippen molar-refractivity contribution in [1.82, 2.24) is 15.1 Å². The Balaban J connectivity index is 2.20. The van der Waals surface area contributed by atoms with Gasteiger partial charge in [-0.25, -0.2) is 0 Å². The van der Waals surface area contributed by atoms with E-state index in [1.54, 1.807) is 6.20 Å². The zero-order valence-electron chi connectivity index (χ0n) is 13.0. The van der Waals surface area contributed by atoms with Gasteiger partial charge in [0.15, 0.2) is 0 Å². The van der Waals surface area contributed by atoms with Crippen LogP contribution in [-0.4, -0.2) is 16.3 Å². The van der Waals surface area contributed by atoms with E-state index < -0.39 is 0 Å². The van der Waals surface area contributed by atoms with Gasteiger partial charge in [-0.05, 0) is 44.6 Å². The summed E-state index contributed by atoms with van der Waals surface area (Å²) in [5, 5.41) is 8.97. The van der Waals surface area contributed by atoms with Crippen molar-refractivity contribution in [2.24, 2.45) is 11.8 Å². The fraction of sp³-hybridized carbons (Fsp3) is 0.812. The molecule has 1 aromatic rings. The molecule has 114 valence electrons. The topological polar surface area (TPSA) is 29.9 Å². The van der Waals surface area contributed by atoms with Crippen molar-refractivity contribution in [2.45, 2.75) is 65.5 Å². The van der Waals surface area contributed by atoms with E-state index in [-0.39, 0.29) is 0 Å². The van der Waals surface area contributed by atoms with Crippen LogP contribution in [-0.2, 0) is 6.54 Å². The van der Waals surface area contributed by atoms with Gasteiger partial charge >= 0.3 is 0 Å². The van der Waals surface area contributed by atoms with Gasteiger partial charge in [0.25, 0.3) is 0 Å². The minimum Gasteiger partial charge on any atom is -0.308 e. The molecule has 0 saturated heterocycles. The highest BCUT2D eigenvalue weighted by atomic mass is 35.5. The second-order valence-electron chi connectivity index (χ2n) is 5.97. The van der Waals surface area contributed by atoms with Crippen molar-refractivity contribution in [3.63, 3.8) is 0 Å². The minimum absolute atomic E-state index is 0.362. The van der Waals surface area contributed by atoms with E-state index >= 15 is 0 Å². The Bertz CT molecular complexity index is 416. The first-order chi connectivity index (χ1) is 9.71. The van der Waals surface area contributed by atoms with Crippen LogP contribution in [0.15, 0.2) is 6.20 Å². The third-order valence-corrected chi connectivity index (χ3v) is 4.96. The maximum Gasteiger partial charge on any atom is 0.0834 e. The van der Waals surface area contributed by atoms with Crippen molar-refractivity contribution in [3.8, 4) is 0 Å². The van der Waals surface area contributed by atoms with Crippen LogP contribution in [0.3, 0.4) is 0 Å². The predicted molar refractivity (Wildman–Crippen MR) is 85.1 cm³/mol. The molecule has 1 N–H and O–H groups in total. The van der Waals surface area contributed by atoms with Gasteiger partial charge in [0.2, 0.25) is 0 Å². The Morgan fingerprint density at radius 1 is 1.40 bits per heavy atom. The molecule has 20 heavy (non-hydrogen) atoms. The molecule has 1 heterocycles. The number of halogens is 1.